The van der Waals surface area contributed by atoms with Crippen molar-refractivity contribution in [3.63, 3.8) is 0 Å². The number of benzene rings is 2. The summed E-state index contributed by atoms with van der Waals surface area (Å²) in [7, 11) is 2.90. The number of carbonyl (C=O) groups excluding carboxylic acids is 3. The molecule has 0 aromatic heterocycles. The van der Waals surface area contributed by atoms with E-state index in [0.717, 1.165) is 0 Å². The van der Waals surface area contributed by atoms with Gasteiger partial charge in [-0.05, 0) is 43.3 Å². The van der Waals surface area contributed by atoms with E-state index in [1.54, 1.807) is 19.2 Å². The highest BCUT2D eigenvalue weighted by Crippen LogP contribution is 2.14. The zero-order valence-electron chi connectivity index (χ0n) is 14.3. The van der Waals surface area contributed by atoms with Crippen LogP contribution in [0.15, 0.2) is 54.6 Å². The SMILES string of the molecule is COC(=O)c1ccc(C(=O)OC(C)C(=O)N(C)c2ccccc2)cc1. The quantitative estimate of drug-likeness (QED) is 0.782. The van der Waals surface area contributed by atoms with Crippen molar-refractivity contribution in [3.05, 3.63) is 65.7 Å². The first-order valence-corrected chi connectivity index (χ1v) is 7.66. The average molecular weight is 341 g/mol. The molecule has 0 spiro atoms. The fourth-order valence-corrected chi connectivity index (χ4v) is 2.19. The lowest BCUT2D eigenvalue weighted by molar-refractivity contribution is -0.126. The Morgan fingerprint density at radius 1 is 0.880 bits per heavy atom. The summed E-state index contributed by atoms with van der Waals surface area (Å²) in [4.78, 5) is 37.4. The minimum atomic E-state index is -0.946. The number of nitrogens with zero attached hydrogens (tertiary/aromatic N) is 1. The van der Waals surface area contributed by atoms with Crippen LogP contribution in [-0.4, -0.2) is 38.1 Å². The molecule has 0 N–H and O–H groups in total. The second-order valence-electron chi connectivity index (χ2n) is 5.35. The Balaban J connectivity index is 2.02. The van der Waals surface area contributed by atoms with Crippen molar-refractivity contribution in [2.45, 2.75) is 13.0 Å². The van der Waals surface area contributed by atoms with E-state index < -0.39 is 18.0 Å². The van der Waals surface area contributed by atoms with Gasteiger partial charge in [0.05, 0.1) is 18.2 Å². The molecule has 0 heterocycles. The largest absolute Gasteiger partial charge is 0.465 e. The van der Waals surface area contributed by atoms with Crippen molar-refractivity contribution in [3.8, 4) is 0 Å². The lowest BCUT2D eigenvalue weighted by Crippen LogP contribution is -2.37. The Labute approximate surface area is 146 Å². The third-order valence-electron chi connectivity index (χ3n) is 3.65. The molecule has 0 aliphatic carbocycles. The summed E-state index contributed by atoms with van der Waals surface area (Å²) in [5, 5.41) is 0. The minimum Gasteiger partial charge on any atom is -0.465 e. The Kier molecular flexibility index (Phi) is 5.89. The molecule has 1 unspecified atom stereocenters. The molecule has 6 nitrogen and oxygen atoms in total. The first-order valence-electron chi connectivity index (χ1n) is 7.66. The van der Waals surface area contributed by atoms with Crippen molar-refractivity contribution in [2.24, 2.45) is 0 Å². The number of rotatable bonds is 5. The van der Waals surface area contributed by atoms with Gasteiger partial charge in [0.15, 0.2) is 6.10 Å². The fourth-order valence-electron chi connectivity index (χ4n) is 2.19. The van der Waals surface area contributed by atoms with Gasteiger partial charge in [0.2, 0.25) is 0 Å². The van der Waals surface area contributed by atoms with Crippen LogP contribution >= 0.6 is 0 Å². The lowest BCUT2D eigenvalue weighted by atomic mass is 10.1. The van der Waals surface area contributed by atoms with Crippen LogP contribution in [-0.2, 0) is 14.3 Å². The maximum Gasteiger partial charge on any atom is 0.338 e. The number of para-hydroxylation sites is 1. The number of ether oxygens (including phenoxy) is 2. The second-order valence-corrected chi connectivity index (χ2v) is 5.35. The van der Waals surface area contributed by atoms with Crippen molar-refractivity contribution < 1.29 is 23.9 Å². The van der Waals surface area contributed by atoms with E-state index in [0.29, 0.717) is 11.3 Å². The number of methoxy groups -OCH3 is 1. The highest BCUT2D eigenvalue weighted by molar-refractivity contribution is 5.99. The van der Waals surface area contributed by atoms with Crippen LogP contribution in [0.3, 0.4) is 0 Å². The van der Waals surface area contributed by atoms with Crippen LogP contribution in [0.25, 0.3) is 0 Å². The number of anilines is 1. The molecule has 130 valence electrons. The first-order chi connectivity index (χ1) is 11.9. The number of esters is 2. The minimum absolute atomic E-state index is 0.245. The van der Waals surface area contributed by atoms with E-state index in [1.165, 1.54) is 43.2 Å². The Morgan fingerprint density at radius 2 is 1.40 bits per heavy atom. The average Bonchev–Trinajstić information content (AvgIpc) is 2.66. The van der Waals surface area contributed by atoms with Gasteiger partial charge >= 0.3 is 11.9 Å². The Hall–Kier alpha value is -3.15. The molecule has 6 heteroatoms. The van der Waals surface area contributed by atoms with Crippen LogP contribution in [0, 0.1) is 0 Å². The predicted molar refractivity (Wildman–Crippen MR) is 92.5 cm³/mol. The molecule has 0 aliphatic rings. The van der Waals surface area contributed by atoms with Crippen molar-refractivity contribution in [2.75, 3.05) is 19.1 Å². The molecule has 1 amide bonds. The van der Waals surface area contributed by atoms with Crippen LogP contribution < -0.4 is 4.90 Å². The number of likely N-dealkylation sites (N-methyl/N-ethyl adjacent to an activating group) is 1. The van der Waals surface area contributed by atoms with E-state index >= 15 is 0 Å². The first kappa shape index (κ1) is 18.2. The summed E-state index contributed by atoms with van der Waals surface area (Å²) in [6.45, 7) is 1.52. The zero-order valence-corrected chi connectivity index (χ0v) is 14.3. The number of hydrogen-bond acceptors (Lipinski definition) is 5. The van der Waals surface area contributed by atoms with Crippen LogP contribution in [0.1, 0.15) is 27.6 Å². The third-order valence-corrected chi connectivity index (χ3v) is 3.65. The molecule has 2 aromatic rings. The highest BCUT2D eigenvalue weighted by Gasteiger charge is 2.23. The van der Waals surface area contributed by atoms with E-state index in [2.05, 4.69) is 4.74 Å². The Bertz CT molecular complexity index is 755. The molecule has 0 saturated carbocycles. The van der Waals surface area contributed by atoms with Gasteiger partial charge < -0.3 is 14.4 Å². The van der Waals surface area contributed by atoms with Gasteiger partial charge in [0, 0.05) is 12.7 Å². The molecular weight excluding hydrogens is 322 g/mol. The number of amides is 1. The summed E-state index contributed by atoms with van der Waals surface area (Å²) in [5.74, 6) is -1.47. The summed E-state index contributed by atoms with van der Waals surface area (Å²) < 4.78 is 9.82. The van der Waals surface area contributed by atoms with Gasteiger partial charge in [-0.2, -0.15) is 0 Å². The Morgan fingerprint density at radius 3 is 1.92 bits per heavy atom. The van der Waals surface area contributed by atoms with Crippen LogP contribution in [0.4, 0.5) is 5.69 Å². The van der Waals surface area contributed by atoms with Crippen molar-refractivity contribution in [1.29, 1.82) is 0 Å². The number of hydrogen-bond donors (Lipinski definition) is 0. The van der Waals surface area contributed by atoms with Crippen LogP contribution in [0.5, 0.6) is 0 Å². The van der Waals surface area contributed by atoms with E-state index in [9.17, 15) is 14.4 Å². The van der Waals surface area contributed by atoms with Crippen molar-refractivity contribution in [1.82, 2.24) is 0 Å². The van der Waals surface area contributed by atoms with Gasteiger partial charge in [-0.1, -0.05) is 18.2 Å². The molecule has 0 bridgehead atoms. The smallest absolute Gasteiger partial charge is 0.338 e. The van der Waals surface area contributed by atoms with E-state index in [1.807, 2.05) is 18.2 Å². The molecule has 2 aromatic carbocycles. The summed E-state index contributed by atoms with van der Waals surface area (Å²) in [5.41, 5.74) is 1.28. The summed E-state index contributed by atoms with van der Waals surface area (Å²) >= 11 is 0. The zero-order chi connectivity index (χ0) is 18.4. The van der Waals surface area contributed by atoms with E-state index in [-0.39, 0.29) is 11.5 Å². The molecule has 0 fully saturated rings. The normalized spacial score (nSPS) is 11.3. The monoisotopic (exact) mass is 341 g/mol. The predicted octanol–water partition coefficient (Wildman–Crippen LogP) is 2.68. The fraction of sp³-hybridized carbons (Fsp3) is 0.211. The molecule has 1 atom stereocenters. The van der Waals surface area contributed by atoms with Gasteiger partial charge in [-0.25, -0.2) is 9.59 Å². The summed E-state index contributed by atoms with van der Waals surface area (Å²) in [6.07, 6.45) is -0.946. The molecule has 0 saturated heterocycles. The second kappa shape index (κ2) is 8.10. The lowest BCUT2D eigenvalue weighted by Gasteiger charge is -2.21. The van der Waals surface area contributed by atoms with Crippen molar-refractivity contribution >= 4 is 23.5 Å². The van der Waals surface area contributed by atoms with E-state index in [4.69, 9.17) is 4.74 Å². The topological polar surface area (TPSA) is 72.9 Å². The standard InChI is InChI=1S/C19H19NO5/c1-13(17(21)20(2)16-7-5-4-6-8-16)25-19(23)15-11-9-14(10-12-15)18(22)24-3/h4-13H,1-3H3. The molecule has 2 rings (SSSR count). The summed E-state index contributed by atoms with van der Waals surface area (Å²) in [6, 6.07) is 14.9. The molecular formula is C19H19NO5. The van der Waals surface area contributed by atoms with Crippen LogP contribution in [0.2, 0.25) is 0 Å². The maximum atomic E-state index is 12.4. The highest BCUT2D eigenvalue weighted by atomic mass is 16.5. The van der Waals surface area contributed by atoms with Gasteiger partial charge in [-0.15, -0.1) is 0 Å². The maximum absolute atomic E-state index is 12.4. The third kappa shape index (κ3) is 4.44. The molecule has 25 heavy (non-hydrogen) atoms. The van der Waals surface area contributed by atoms with Gasteiger partial charge in [0.1, 0.15) is 0 Å². The molecule has 0 radical (unpaired) electrons. The number of carbonyl (C=O) groups is 3. The molecule has 0 aliphatic heterocycles. The van der Waals surface area contributed by atoms with Gasteiger partial charge in [0.25, 0.3) is 5.91 Å². The van der Waals surface area contributed by atoms with Gasteiger partial charge in [-0.3, -0.25) is 4.79 Å².